The van der Waals surface area contributed by atoms with Gasteiger partial charge in [0.1, 0.15) is 11.6 Å². The van der Waals surface area contributed by atoms with Gasteiger partial charge in [-0.2, -0.15) is 4.31 Å². The van der Waals surface area contributed by atoms with Gasteiger partial charge < -0.3 is 15.4 Å². The number of sulfonamides is 1. The van der Waals surface area contributed by atoms with Gasteiger partial charge in [-0.3, -0.25) is 9.59 Å². The summed E-state index contributed by atoms with van der Waals surface area (Å²) in [5.41, 5.74) is 0.934. The quantitative estimate of drug-likeness (QED) is 0.438. The van der Waals surface area contributed by atoms with Gasteiger partial charge in [-0.25, -0.2) is 12.8 Å². The first kappa shape index (κ1) is 25.9. The number of hydrogen-bond donors (Lipinski definition) is 2. The number of hydrogen-bond acceptors (Lipinski definition) is 5. The molecule has 8 nitrogen and oxygen atoms in total. The molecule has 0 fully saturated rings. The Morgan fingerprint density at radius 3 is 2.11 bits per heavy atom. The second-order valence-electron chi connectivity index (χ2n) is 7.52. The second kappa shape index (κ2) is 11.1. The molecule has 10 heteroatoms. The number of amides is 2. The van der Waals surface area contributed by atoms with E-state index in [1.165, 1.54) is 65.8 Å². The van der Waals surface area contributed by atoms with Gasteiger partial charge in [-0.05, 0) is 66.7 Å². The van der Waals surface area contributed by atoms with E-state index in [1.807, 2.05) is 0 Å². The first-order valence-corrected chi connectivity index (χ1v) is 12.3. The molecule has 2 amide bonds. The molecule has 184 valence electrons. The highest BCUT2D eigenvalue weighted by Gasteiger charge is 2.24. The molecular formula is C25H26FN3O5S. The number of halogens is 1. The third-order valence-electron chi connectivity index (χ3n) is 5.05. The van der Waals surface area contributed by atoms with Crippen LogP contribution in [0.1, 0.15) is 31.1 Å². The molecule has 0 unspecified atom stereocenters. The third kappa shape index (κ3) is 6.43. The van der Waals surface area contributed by atoms with Crippen molar-refractivity contribution in [3.05, 3.63) is 78.1 Å². The fourth-order valence-electron chi connectivity index (χ4n) is 3.30. The van der Waals surface area contributed by atoms with E-state index < -0.39 is 21.7 Å². The fourth-order valence-corrected chi connectivity index (χ4v) is 4.79. The predicted molar refractivity (Wildman–Crippen MR) is 132 cm³/mol. The molecule has 3 aromatic carbocycles. The summed E-state index contributed by atoms with van der Waals surface area (Å²) in [6.07, 6.45) is 0. The molecule has 0 spiro atoms. The van der Waals surface area contributed by atoms with Crippen LogP contribution >= 0.6 is 0 Å². The van der Waals surface area contributed by atoms with Crippen molar-refractivity contribution in [1.82, 2.24) is 4.31 Å². The van der Waals surface area contributed by atoms with Crippen molar-refractivity contribution in [2.45, 2.75) is 25.7 Å². The molecule has 0 aromatic heterocycles. The zero-order chi connectivity index (χ0) is 25.6. The zero-order valence-electron chi connectivity index (χ0n) is 19.5. The molecule has 3 rings (SSSR count). The fraction of sp³-hybridized carbons (Fsp3) is 0.200. The number of nitrogens with one attached hydrogen (secondary N) is 2. The summed E-state index contributed by atoms with van der Waals surface area (Å²) in [5.74, 6) is -0.704. The number of rotatable bonds is 9. The van der Waals surface area contributed by atoms with Crippen LogP contribution in [-0.4, -0.2) is 37.6 Å². The molecule has 0 atom stereocenters. The lowest BCUT2D eigenvalue weighted by molar-refractivity contribution is -0.114. The van der Waals surface area contributed by atoms with Crippen LogP contribution in [0.4, 0.5) is 15.8 Å². The van der Waals surface area contributed by atoms with Gasteiger partial charge in [0.15, 0.2) is 5.75 Å². The standard InChI is InChI=1S/C25H26FN3O5S/c1-4-29(5-2)35(32,33)22-14-15-24(34-21-12-8-19(26)9-13-21)23(16-22)28-25(31)18-6-10-20(11-7-18)27-17(3)30/h6-16H,4-5H2,1-3H3,(H,27,30)(H,28,31). The van der Waals surface area contributed by atoms with Crippen LogP contribution in [0.15, 0.2) is 71.6 Å². The Bertz CT molecular complexity index is 1310. The van der Waals surface area contributed by atoms with Crippen LogP contribution in [0, 0.1) is 5.82 Å². The molecular weight excluding hydrogens is 473 g/mol. The van der Waals surface area contributed by atoms with Gasteiger partial charge in [0, 0.05) is 31.3 Å². The van der Waals surface area contributed by atoms with E-state index in [4.69, 9.17) is 4.74 Å². The van der Waals surface area contributed by atoms with Gasteiger partial charge in [-0.1, -0.05) is 13.8 Å². The lowest BCUT2D eigenvalue weighted by Crippen LogP contribution is -2.30. The summed E-state index contributed by atoms with van der Waals surface area (Å²) in [6.45, 7) is 5.42. The first-order valence-electron chi connectivity index (χ1n) is 10.9. The summed E-state index contributed by atoms with van der Waals surface area (Å²) in [4.78, 5) is 24.1. The topological polar surface area (TPSA) is 105 Å². The highest BCUT2D eigenvalue weighted by atomic mass is 32.2. The van der Waals surface area contributed by atoms with Crippen molar-refractivity contribution >= 4 is 33.2 Å². The van der Waals surface area contributed by atoms with E-state index in [0.29, 0.717) is 11.4 Å². The maximum absolute atomic E-state index is 13.3. The van der Waals surface area contributed by atoms with E-state index in [0.717, 1.165) is 0 Å². The SMILES string of the molecule is CCN(CC)S(=O)(=O)c1ccc(Oc2ccc(F)cc2)c(NC(=O)c2ccc(NC(C)=O)cc2)c1. The van der Waals surface area contributed by atoms with Gasteiger partial charge in [0.05, 0.1) is 10.6 Å². The van der Waals surface area contributed by atoms with Gasteiger partial charge >= 0.3 is 0 Å². The molecule has 0 saturated carbocycles. The number of benzene rings is 3. The minimum Gasteiger partial charge on any atom is -0.455 e. The second-order valence-corrected chi connectivity index (χ2v) is 9.45. The van der Waals surface area contributed by atoms with E-state index in [9.17, 15) is 22.4 Å². The maximum Gasteiger partial charge on any atom is 0.255 e. The van der Waals surface area contributed by atoms with Crippen molar-refractivity contribution in [3.63, 3.8) is 0 Å². The minimum absolute atomic E-state index is 0.0102. The number of carbonyl (C=O) groups excluding carboxylic acids is 2. The summed E-state index contributed by atoms with van der Waals surface area (Å²) < 4.78 is 46.5. The molecule has 0 radical (unpaired) electrons. The van der Waals surface area contributed by atoms with E-state index in [2.05, 4.69) is 10.6 Å². The smallest absolute Gasteiger partial charge is 0.255 e. The lowest BCUT2D eigenvalue weighted by Gasteiger charge is -2.20. The minimum atomic E-state index is -3.80. The van der Waals surface area contributed by atoms with Crippen LogP contribution in [0.2, 0.25) is 0 Å². The van der Waals surface area contributed by atoms with Crippen LogP contribution in [0.3, 0.4) is 0 Å². The van der Waals surface area contributed by atoms with Crippen LogP contribution in [0.5, 0.6) is 11.5 Å². The monoisotopic (exact) mass is 499 g/mol. The molecule has 2 N–H and O–H groups in total. The Balaban J connectivity index is 1.96. The van der Waals surface area contributed by atoms with Crippen molar-refractivity contribution in [2.24, 2.45) is 0 Å². The number of nitrogens with zero attached hydrogens (tertiary/aromatic N) is 1. The van der Waals surface area contributed by atoms with E-state index in [-0.39, 0.29) is 40.9 Å². The molecule has 35 heavy (non-hydrogen) atoms. The summed E-state index contributed by atoms with van der Waals surface area (Å²) in [5, 5.41) is 5.32. The van der Waals surface area contributed by atoms with Gasteiger partial charge in [0.2, 0.25) is 15.9 Å². The molecule has 3 aromatic rings. The van der Waals surface area contributed by atoms with Crippen LogP contribution in [0.25, 0.3) is 0 Å². The van der Waals surface area contributed by atoms with E-state index in [1.54, 1.807) is 26.0 Å². The summed E-state index contributed by atoms with van der Waals surface area (Å²) in [7, 11) is -3.80. The molecule has 0 saturated heterocycles. The molecule has 0 aliphatic carbocycles. The molecule has 0 aliphatic heterocycles. The third-order valence-corrected chi connectivity index (χ3v) is 7.10. The number of ether oxygens (including phenoxy) is 1. The van der Waals surface area contributed by atoms with Gasteiger partial charge in [-0.15, -0.1) is 0 Å². The lowest BCUT2D eigenvalue weighted by atomic mass is 10.2. The predicted octanol–water partition coefficient (Wildman–Crippen LogP) is 4.86. The highest BCUT2D eigenvalue weighted by Crippen LogP contribution is 2.33. The van der Waals surface area contributed by atoms with Crippen molar-refractivity contribution in [1.29, 1.82) is 0 Å². The summed E-state index contributed by atoms with van der Waals surface area (Å²) >= 11 is 0. The summed E-state index contributed by atoms with van der Waals surface area (Å²) in [6, 6.07) is 15.7. The normalized spacial score (nSPS) is 11.2. The maximum atomic E-state index is 13.3. The Morgan fingerprint density at radius 2 is 1.54 bits per heavy atom. The van der Waals surface area contributed by atoms with Crippen molar-refractivity contribution < 1.29 is 27.1 Å². The molecule has 0 aliphatic rings. The Morgan fingerprint density at radius 1 is 0.914 bits per heavy atom. The first-order chi connectivity index (χ1) is 16.6. The van der Waals surface area contributed by atoms with Crippen molar-refractivity contribution in [3.8, 4) is 11.5 Å². The number of carbonyl (C=O) groups is 2. The highest BCUT2D eigenvalue weighted by molar-refractivity contribution is 7.89. The van der Waals surface area contributed by atoms with Crippen LogP contribution < -0.4 is 15.4 Å². The Labute approximate surface area is 203 Å². The van der Waals surface area contributed by atoms with Crippen LogP contribution in [-0.2, 0) is 14.8 Å². The molecule has 0 bridgehead atoms. The Kier molecular flexibility index (Phi) is 8.21. The average Bonchev–Trinajstić information content (AvgIpc) is 2.82. The number of anilines is 2. The van der Waals surface area contributed by atoms with Crippen molar-refractivity contribution in [2.75, 3.05) is 23.7 Å². The largest absolute Gasteiger partial charge is 0.455 e. The van der Waals surface area contributed by atoms with Gasteiger partial charge in [0.25, 0.3) is 5.91 Å². The Hall–Kier alpha value is -3.76. The van der Waals surface area contributed by atoms with E-state index >= 15 is 0 Å². The average molecular weight is 500 g/mol. The zero-order valence-corrected chi connectivity index (χ0v) is 20.4. The molecule has 0 heterocycles.